The summed E-state index contributed by atoms with van der Waals surface area (Å²) in [5.74, 6) is 0. The molecule has 2 N–H and O–H groups in total. The fraction of sp³-hybridized carbons (Fsp3) is 0.455. The Bertz CT molecular complexity index is 735. The van der Waals surface area contributed by atoms with Crippen molar-refractivity contribution in [1.29, 1.82) is 0 Å². The normalized spacial score (nSPS) is 12.4. The zero-order chi connectivity index (χ0) is 17.0. The first-order chi connectivity index (χ1) is 10.1. The standard InChI is InChI=1S/C11H16Cl2N2O5S2/c1-20-5-3-4-14-22(18,19)11-7-8(12)10(6-9(11)13)15-21(2,16)17/h6-7,14-15H,3-5H2,1-2H3. The predicted octanol–water partition coefficient (Wildman–Crippen LogP) is 1.68. The van der Waals surface area contributed by atoms with Gasteiger partial charge in [0, 0.05) is 20.3 Å². The minimum absolute atomic E-state index is 0.00694. The molecule has 0 fully saturated rings. The van der Waals surface area contributed by atoms with Crippen LogP contribution in [0.3, 0.4) is 0 Å². The Morgan fingerprint density at radius 2 is 1.77 bits per heavy atom. The Morgan fingerprint density at radius 1 is 1.14 bits per heavy atom. The molecule has 0 aliphatic heterocycles. The van der Waals surface area contributed by atoms with Gasteiger partial charge in [0.2, 0.25) is 20.0 Å². The van der Waals surface area contributed by atoms with Crippen molar-refractivity contribution >= 4 is 48.9 Å². The summed E-state index contributed by atoms with van der Waals surface area (Å²) in [6.45, 7) is 0.585. The number of benzene rings is 1. The van der Waals surface area contributed by atoms with E-state index in [0.29, 0.717) is 13.0 Å². The van der Waals surface area contributed by atoms with Gasteiger partial charge in [0.1, 0.15) is 4.90 Å². The van der Waals surface area contributed by atoms with Gasteiger partial charge in [-0.25, -0.2) is 21.6 Å². The summed E-state index contributed by atoms with van der Waals surface area (Å²) in [6, 6.07) is 2.24. The van der Waals surface area contributed by atoms with Crippen molar-refractivity contribution in [1.82, 2.24) is 4.72 Å². The SMILES string of the molecule is COCCCNS(=O)(=O)c1cc(Cl)c(NS(C)(=O)=O)cc1Cl. The van der Waals surface area contributed by atoms with Gasteiger partial charge in [-0.05, 0) is 18.6 Å². The first kappa shape index (κ1) is 19.5. The molecule has 7 nitrogen and oxygen atoms in total. The Morgan fingerprint density at radius 3 is 2.32 bits per heavy atom. The molecule has 0 radical (unpaired) electrons. The van der Waals surface area contributed by atoms with Crippen LogP contribution in [0.4, 0.5) is 5.69 Å². The van der Waals surface area contributed by atoms with E-state index in [9.17, 15) is 16.8 Å². The Kier molecular flexibility index (Phi) is 6.90. The minimum atomic E-state index is -3.85. The van der Waals surface area contributed by atoms with Crippen LogP contribution in [0.5, 0.6) is 0 Å². The summed E-state index contributed by atoms with van der Waals surface area (Å²) in [6.07, 6.45) is 1.44. The number of halogens is 2. The summed E-state index contributed by atoms with van der Waals surface area (Å²) >= 11 is 11.8. The zero-order valence-electron chi connectivity index (χ0n) is 11.9. The van der Waals surface area contributed by atoms with Crippen molar-refractivity contribution in [2.45, 2.75) is 11.3 Å². The molecule has 0 unspecified atom stereocenters. The summed E-state index contributed by atoms with van der Waals surface area (Å²) in [7, 11) is -5.90. The van der Waals surface area contributed by atoms with Gasteiger partial charge < -0.3 is 4.74 Å². The second kappa shape index (κ2) is 7.80. The highest BCUT2D eigenvalue weighted by Crippen LogP contribution is 2.32. The van der Waals surface area contributed by atoms with Gasteiger partial charge in [-0.1, -0.05) is 23.2 Å². The Hall–Kier alpha value is -0.580. The van der Waals surface area contributed by atoms with E-state index in [1.807, 2.05) is 0 Å². The van der Waals surface area contributed by atoms with Gasteiger partial charge in [0.05, 0.1) is 22.0 Å². The maximum absolute atomic E-state index is 12.1. The maximum atomic E-state index is 12.1. The zero-order valence-corrected chi connectivity index (χ0v) is 15.0. The van der Waals surface area contributed by atoms with Crippen molar-refractivity contribution in [3.05, 3.63) is 22.2 Å². The molecular weight excluding hydrogens is 375 g/mol. The number of sulfonamides is 2. The van der Waals surface area contributed by atoms with Gasteiger partial charge in [0.25, 0.3) is 0 Å². The lowest BCUT2D eigenvalue weighted by Gasteiger charge is -2.12. The third-order valence-corrected chi connectivity index (χ3v) is 5.25. The van der Waals surface area contributed by atoms with Gasteiger partial charge in [0.15, 0.2) is 0 Å². The lowest BCUT2D eigenvalue weighted by Crippen LogP contribution is -2.26. The highest BCUT2D eigenvalue weighted by molar-refractivity contribution is 7.92. The molecule has 0 heterocycles. The molecule has 1 aromatic rings. The summed E-state index contributed by atoms with van der Waals surface area (Å²) in [5, 5.41) is -0.220. The Labute approximate surface area is 140 Å². The predicted molar refractivity (Wildman–Crippen MR) is 86.6 cm³/mol. The number of nitrogens with one attached hydrogen (secondary N) is 2. The van der Waals surface area contributed by atoms with Crippen LogP contribution in [0, 0.1) is 0 Å². The van der Waals surface area contributed by atoms with E-state index in [4.69, 9.17) is 27.9 Å². The third-order valence-electron chi connectivity index (χ3n) is 2.42. The molecule has 0 bridgehead atoms. The van der Waals surface area contributed by atoms with Crippen LogP contribution in [0.15, 0.2) is 17.0 Å². The fourth-order valence-corrected chi connectivity index (χ4v) is 4.04. The van der Waals surface area contributed by atoms with Crippen molar-refractivity contribution in [3.63, 3.8) is 0 Å². The third kappa shape index (κ3) is 5.90. The number of methoxy groups -OCH3 is 1. The highest BCUT2D eigenvalue weighted by atomic mass is 35.5. The van der Waals surface area contributed by atoms with Gasteiger partial charge in [-0.3, -0.25) is 4.72 Å². The molecular formula is C11H16Cl2N2O5S2. The molecule has 1 rings (SSSR count). The molecule has 0 aliphatic carbocycles. The van der Waals surface area contributed by atoms with Crippen LogP contribution in [-0.4, -0.2) is 43.4 Å². The average Bonchev–Trinajstić information content (AvgIpc) is 2.37. The topological polar surface area (TPSA) is 102 Å². The van der Waals surface area contributed by atoms with E-state index >= 15 is 0 Å². The smallest absolute Gasteiger partial charge is 0.242 e. The molecule has 0 aromatic heterocycles. The van der Waals surface area contributed by atoms with Gasteiger partial charge in [-0.15, -0.1) is 0 Å². The number of rotatable bonds is 8. The van der Waals surface area contributed by atoms with E-state index in [2.05, 4.69) is 9.44 Å². The molecule has 0 spiro atoms. The summed E-state index contributed by atoms with van der Waals surface area (Å²) in [5.41, 5.74) is 0.00694. The molecule has 0 amide bonds. The number of hydrogen-bond donors (Lipinski definition) is 2. The van der Waals surface area contributed by atoms with Crippen LogP contribution in [0.1, 0.15) is 6.42 Å². The molecule has 0 saturated heterocycles. The fourth-order valence-electron chi connectivity index (χ4n) is 1.51. The van der Waals surface area contributed by atoms with Crippen molar-refractivity contribution in [2.75, 3.05) is 31.2 Å². The van der Waals surface area contributed by atoms with E-state index < -0.39 is 20.0 Å². The number of anilines is 1. The Balaban J connectivity index is 3.04. The summed E-state index contributed by atoms with van der Waals surface area (Å²) < 4.78 is 56.0. The summed E-state index contributed by atoms with van der Waals surface area (Å²) in [4.78, 5) is -0.226. The van der Waals surface area contributed by atoms with Gasteiger partial charge in [-0.2, -0.15) is 0 Å². The van der Waals surface area contributed by atoms with Crippen LogP contribution in [0.25, 0.3) is 0 Å². The lowest BCUT2D eigenvalue weighted by atomic mass is 10.3. The largest absolute Gasteiger partial charge is 0.385 e. The first-order valence-corrected chi connectivity index (χ1v) is 10.2. The molecule has 0 aliphatic rings. The second-order valence-corrected chi connectivity index (χ2v) is 8.68. The van der Waals surface area contributed by atoms with Gasteiger partial charge >= 0.3 is 0 Å². The molecule has 0 saturated carbocycles. The lowest BCUT2D eigenvalue weighted by molar-refractivity contribution is 0.196. The van der Waals surface area contributed by atoms with Crippen molar-refractivity contribution in [2.24, 2.45) is 0 Å². The monoisotopic (exact) mass is 390 g/mol. The molecule has 22 heavy (non-hydrogen) atoms. The van der Waals surface area contributed by atoms with Crippen LogP contribution in [0.2, 0.25) is 10.0 Å². The number of hydrogen-bond acceptors (Lipinski definition) is 5. The van der Waals surface area contributed by atoms with Crippen molar-refractivity contribution in [3.8, 4) is 0 Å². The molecule has 126 valence electrons. The van der Waals surface area contributed by atoms with E-state index in [0.717, 1.165) is 18.4 Å². The maximum Gasteiger partial charge on any atom is 0.242 e. The van der Waals surface area contributed by atoms with E-state index in [1.165, 1.54) is 7.11 Å². The molecule has 1 aromatic carbocycles. The molecule has 11 heteroatoms. The number of ether oxygens (including phenoxy) is 1. The van der Waals surface area contributed by atoms with Crippen LogP contribution in [-0.2, 0) is 24.8 Å². The van der Waals surface area contributed by atoms with E-state index in [-0.39, 0.29) is 27.2 Å². The average molecular weight is 391 g/mol. The quantitative estimate of drug-likeness (QED) is 0.657. The first-order valence-electron chi connectivity index (χ1n) is 6.02. The molecule has 0 atom stereocenters. The van der Waals surface area contributed by atoms with Crippen LogP contribution >= 0.6 is 23.2 Å². The van der Waals surface area contributed by atoms with Crippen molar-refractivity contribution < 1.29 is 21.6 Å². The van der Waals surface area contributed by atoms with E-state index in [1.54, 1.807) is 0 Å². The highest BCUT2D eigenvalue weighted by Gasteiger charge is 2.20. The second-order valence-electron chi connectivity index (χ2n) is 4.38. The van der Waals surface area contributed by atoms with Crippen LogP contribution < -0.4 is 9.44 Å². The minimum Gasteiger partial charge on any atom is -0.385 e.